The summed E-state index contributed by atoms with van der Waals surface area (Å²) in [6, 6.07) is 6.97. The number of halogens is 2. The van der Waals surface area contributed by atoms with Crippen molar-refractivity contribution in [1.29, 1.82) is 0 Å². The second kappa shape index (κ2) is 8.67. The van der Waals surface area contributed by atoms with E-state index >= 15 is 0 Å². The fourth-order valence-corrected chi connectivity index (χ4v) is 18.6. The van der Waals surface area contributed by atoms with Gasteiger partial charge in [-0.3, -0.25) is 0 Å². The summed E-state index contributed by atoms with van der Waals surface area (Å²) in [5, 5.41) is 8.18. The Morgan fingerprint density at radius 1 is 0.926 bits per heavy atom. The van der Waals surface area contributed by atoms with Crippen molar-refractivity contribution in [2.45, 2.75) is 63.1 Å². The van der Waals surface area contributed by atoms with Crippen LogP contribution in [-0.2, 0) is 14.9 Å². The van der Waals surface area contributed by atoms with E-state index in [1.165, 1.54) is 10.8 Å². The van der Waals surface area contributed by atoms with E-state index in [1.807, 2.05) is 0 Å². The summed E-state index contributed by atoms with van der Waals surface area (Å²) >= 11 is -3.06. The summed E-state index contributed by atoms with van der Waals surface area (Å²) in [5.74, 6) is 1.13. The summed E-state index contributed by atoms with van der Waals surface area (Å²) in [6.45, 7) is 16.9. The van der Waals surface area contributed by atoms with Crippen molar-refractivity contribution in [3.05, 3.63) is 45.0 Å². The number of hydrogen-bond acceptors (Lipinski definition) is 1. The Morgan fingerprint density at radius 3 is 1.96 bits per heavy atom. The van der Waals surface area contributed by atoms with E-state index in [0.29, 0.717) is 0 Å². The predicted molar refractivity (Wildman–Crippen MR) is 135 cm³/mol. The van der Waals surface area contributed by atoms with E-state index in [4.69, 9.17) is 3.32 Å². The molecule has 0 aliphatic heterocycles. The van der Waals surface area contributed by atoms with Gasteiger partial charge in [0.2, 0.25) is 0 Å². The third kappa shape index (κ3) is 6.73. The van der Waals surface area contributed by atoms with E-state index in [1.54, 1.807) is 9.07 Å². The van der Waals surface area contributed by atoms with Gasteiger partial charge in [-0.15, -0.1) is 24.8 Å². The quantitative estimate of drug-likeness (QED) is 0.464. The van der Waals surface area contributed by atoms with Crippen molar-refractivity contribution in [2.24, 2.45) is 0 Å². The molecular formula is C20H39Cl2OSi3Ti. The molecule has 1 aromatic rings. The molecule has 0 N–H and O–H groups in total. The standard InChI is InChI=1S/C10H16OSi.C8H13Si.2CH3.2ClH.H3Si.Ti/c1-8-5-9(11)7-10(6-8)12(2,3)4;1-9(2,3)8-6-4-5-7-8;;;;;;/h5-7,11H,1-4H3;4,6H,5H2,1-3H3;2*1H3;2*1H;1H3;/q;;;;;;;+1/p-1. The fraction of sp³-hybridized carbons (Fsp3) is 0.500. The maximum Gasteiger partial charge on any atom is -0.147 e. The van der Waals surface area contributed by atoms with Gasteiger partial charge in [0.15, 0.2) is 0 Å². The van der Waals surface area contributed by atoms with E-state index in [9.17, 15) is 0 Å². The first-order valence-electron chi connectivity index (χ1n) is 9.52. The first kappa shape index (κ1) is 27.4. The van der Waals surface area contributed by atoms with Crippen molar-refractivity contribution in [1.82, 2.24) is 0 Å². The second-order valence-electron chi connectivity index (χ2n) is 11.1. The van der Waals surface area contributed by atoms with Crippen molar-refractivity contribution in [3.8, 4) is 5.75 Å². The summed E-state index contributed by atoms with van der Waals surface area (Å²) < 4.78 is 8.72. The van der Waals surface area contributed by atoms with Gasteiger partial charge in [0.05, 0.1) is 0 Å². The molecule has 0 aromatic heterocycles. The van der Waals surface area contributed by atoms with Crippen LogP contribution >= 0.6 is 24.8 Å². The minimum absolute atomic E-state index is 0. The van der Waals surface area contributed by atoms with E-state index < -0.39 is 31.1 Å². The number of benzene rings is 1. The Hall–Kier alpha value is 0.445. The van der Waals surface area contributed by atoms with Crippen LogP contribution in [0.4, 0.5) is 0 Å². The van der Waals surface area contributed by atoms with Crippen molar-refractivity contribution in [3.63, 3.8) is 0 Å². The van der Waals surface area contributed by atoms with E-state index in [0.717, 1.165) is 20.3 Å². The average molecular weight is 499 g/mol. The Bertz CT molecular complexity index is 751. The Kier molecular flexibility index (Phi) is 8.81. The average Bonchev–Trinajstić information content (AvgIpc) is 2.85. The first-order valence-corrected chi connectivity index (χ1v) is 26.8. The Balaban J connectivity index is 0.00000338. The van der Waals surface area contributed by atoms with Gasteiger partial charge in [-0.05, 0) is 0 Å². The summed E-state index contributed by atoms with van der Waals surface area (Å²) in [5.41, 5.74) is 1.34. The summed E-state index contributed by atoms with van der Waals surface area (Å²) in [4.78, 5) is 0. The summed E-state index contributed by atoms with van der Waals surface area (Å²) in [6.07, 6.45) is 5.92. The maximum absolute atomic E-state index is 7.02. The van der Waals surface area contributed by atoms with Crippen LogP contribution in [0, 0.1) is 6.92 Å². The molecule has 1 aliphatic rings. The minimum Gasteiger partial charge on any atom is -0.147 e. The fourth-order valence-electron chi connectivity index (χ4n) is 3.73. The molecule has 1 nitrogen and oxygen atoms in total. The first-order chi connectivity index (χ1) is 11.1. The summed E-state index contributed by atoms with van der Waals surface area (Å²) in [7, 11) is -1.51. The molecule has 0 unspecified atom stereocenters. The molecule has 0 heterocycles. The molecule has 155 valence electrons. The Labute approximate surface area is 185 Å². The molecule has 0 atom stereocenters. The van der Waals surface area contributed by atoms with Crippen LogP contribution < -0.4 is 8.51 Å². The van der Waals surface area contributed by atoms with Crippen molar-refractivity contribution < 1.29 is 18.3 Å². The molecule has 27 heavy (non-hydrogen) atoms. The molecule has 7 heteroatoms. The van der Waals surface area contributed by atoms with Gasteiger partial charge in [0.25, 0.3) is 0 Å². The predicted octanol–water partition coefficient (Wildman–Crippen LogP) is 5.84. The molecule has 2 rings (SSSR count). The van der Waals surface area contributed by atoms with E-state index in [2.05, 4.69) is 87.0 Å². The van der Waals surface area contributed by atoms with Crippen LogP contribution in [-0.4, -0.2) is 24.3 Å². The number of hydrogen-bond donors (Lipinski definition) is 0. The topological polar surface area (TPSA) is 9.23 Å². The van der Waals surface area contributed by atoms with Gasteiger partial charge < -0.3 is 0 Å². The number of rotatable bonds is 5. The van der Waals surface area contributed by atoms with Crippen LogP contribution in [0.1, 0.15) is 12.0 Å². The Morgan fingerprint density at radius 2 is 1.48 bits per heavy atom. The molecule has 1 aliphatic carbocycles. The second-order valence-corrected chi connectivity index (χ2v) is 43.7. The molecule has 1 aromatic carbocycles. The van der Waals surface area contributed by atoms with Crippen LogP contribution in [0.5, 0.6) is 5.75 Å². The maximum atomic E-state index is 7.02. The van der Waals surface area contributed by atoms with Crippen LogP contribution in [0.25, 0.3) is 0 Å². The zero-order valence-corrected chi connectivity index (χ0v) is 26.0. The van der Waals surface area contributed by atoms with Crippen molar-refractivity contribution >= 4 is 54.3 Å². The largest absolute Gasteiger partial charge is 0.147 e. The molecule has 0 spiro atoms. The molecule has 0 fully saturated rings. The van der Waals surface area contributed by atoms with Crippen LogP contribution in [0.15, 0.2) is 39.4 Å². The van der Waals surface area contributed by atoms with Gasteiger partial charge in [0, 0.05) is 0 Å². The van der Waals surface area contributed by atoms with Crippen LogP contribution in [0.2, 0.25) is 49.7 Å². The zero-order chi connectivity index (χ0) is 19.3. The van der Waals surface area contributed by atoms with Gasteiger partial charge in [-0.2, -0.15) is 0 Å². The third-order valence-electron chi connectivity index (χ3n) is 5.16. The monoisotopic (exact) mass is 497 g/mol. The molecule has 0 saturated carbocycles. The number of aryl methyl sites for hydroxylation is 1. The molecule has 0 radical (unpaired) electrons. The van der Waals surface area contributed by atoms with E-state index in [-0.39, 0.29) is 24.8 Å². The molecule has 0 amide bonds. The van der Waals surface area contributed by atoms with Gasteiger partial charge in [0.1, 0.15) is 0 Å². The number of allylic oxidation sites excluding steroid dienone is 4. The SMILES string of the molecule is Cc1cc([O][Ti]([CH3])([CH3])([SiH3])[C]2=C([Si](C)(C)C)C=CC2)cc([Si](C)(C)C)c1.Cl.Cl. The third-order valence-corrected chi connectivity index (χ3v) is 18.4. The molecule has 0 bridgehead atoms. The van der Waals surface area contributed by atoms with Crippen LogP contribution in [0.3, 0.4) is 0 Å². The molecular weight excluding hydrogens is 459 g/mol. The normalized spacial score (nSPS) is 16.4. The van der Waals surface area contributed by atoms with Gasteiger partial charge in [-0.25, -0.2) is 0 Å². The van der Waals surface area contributed by atoms with Gasteiger partial charge >= 0.3 is 162 Å². The smallest absolute Gasteiger partial charge is 0.147 e. The zero-order valence-electron chi connectivity index (χ0n) is 18.8. The molecule has 0 saturated heterocycles. The van der Waals surface area contributed by atoms with Gasteiger partial charge in [-0.1, -0.05) is 0 Å². The minimum atomic E-state index is -3.06. The van der Waals surface area contributed by atoms with Crippen molar-refractivity contribution in [2.75, 3.05) is 0 Å².